The average molecular weight is 296 g/mol. The van der Waals surface area contributed by atoms with Crippen LogP contribution >= 0.6 is 11.6 Å². The first-order valence-corrected chi connectivity index (χ1v) is 7.21. The summed E-state index contributed by atoms with van der Waals surface area (Å²) in [6.07, 6.45) is 0.690. The second-order valence-electron chi connectivity index (χ2n) is 3.80. The van der Waals surface area contributed by atoms with Crippen LogP contribution in [0.3, 0.4) is 0 Å². The summed E-state index contributed by atoms with van der Waals surface area (Å²) in [4.78, 5) is 10.6. The monoisotopic (exact) mass is 295 g/mol. The molecule has 0 aliphatic heterocycles. The molecule has 2 aromatic carbocycles. The lowest BCUT2D eigenvalue weighted by Gasteiger charge is -2.08. The van der Waals surface area contributed by atoms with Gasteiger partial charge in [0.05, 0.1) is 4.90 Å². The van der Waals surface area contributed by atoms with Crippen molar-refractivity contribution in [3.8, 4) is 0 Å². The highest BCUT2D eigenvalue weighted by Crippen LogP contribution is 2.19. The molecule has 0 aromatic heterocycles. The van der Waals surface area contributed by atoms with Gasteiger partial charge in [-0.2, -0.15) is 0 Å². The molecule has 0 amide bonds. The Morgan fingerprint density at radius 3 is 2.32 bits per heavy atom. The van der Waals surface area contributed by atoms with Crippen LogP contribution in [0, 0.1) is 0 Å². The number of carbonyl (C=O) groups is 1. The van der Waals surface area contributed by atoms with E-state index in [1.54, 1.807) is 12.1 Å². The Bertz CT molecular complexity index is 696. The third-order valence-electron chi connectivity index (χ3n) is 2.41. The first-order chi connectivity index (χ1) is 9.01. The number of aldehydes is 1. The number of benzene rings is 2. The highest BCUT2D eigenvalue weighted by Gasteiger charge is 2.14. The zero-order chi connectivity index (χ0) is 13.9. The molecule has 4 nitrogen and oxygen atoms in total. The highest BCUT2D eigenvalue weighted by molar-refractivity contribution is 7.92. The molecule has 0 atom stereocenters. The molecule has 0 saturated heterocycles. The van der Waals surface area contributed by atoms with E-state index in [-0.39, 0.29) is 4.90 Å². The van der Waals surface area contributed by atoms with Gasteiger partial charge in [0.1, 0.15) is 6.29 Å². The maximum absolute atomic E-state index is 12.1. The van der Waals surface area contributed by atoms with Gasteiger partial charge in [-0.3, -0.25) is 9.52 Å². The Hall–Kier alpha value is -1.85. The Labute approximate surface area is 116 Å². The molecular formula is C13H10ClNO3S. The minimum Gasteiger partial charge on any atom is -0.298 e. The Morgan fingerprint density at radius 2 is 1.74 bits per heavy atom. The Balaban J connectivity index is 2.28. The highest BCUT2D eigenvalue weighted by atomic mass is 35.5. The second kappa shape index (κ2) is 5.42. The number of hydrogen-bond acceptors (Lipinski definition) is 3. The molecule has 2 rings (SSSR count). The number of carbonyl (C=O) groups excluding carboxylic acids is 1. The van der Waals surface area contributed by atoms with Crippen molar-refractivity contribution in [2.24, 2.45) is 0 Å². The van der Waals surface area contributed by atoms with E-state index in [2.05, 4.69) is 4.72 Å². The molecule has 6 heteroatoms. The summed E-state index contributed by atoms with van der Waals surface area (Å²) in [5.74, 6) is 0. The summed E-state index contributed by atoms with van der Waals surface area (Å²) in [6, 6.07) is 12.1. The normalized spacial score (nSPS) is 11.0. The molecule has 0 unspecified atom stereocenters. The molecule has 19 heavy (non-hydrogen) atoms. The van der Waals surface area contributed by atoms with Gasteiger partial charge in [0.2, 0.25) is 0 Å². The minimum absolute atomic E-state index is 0.0828. The van der Waals surface area contributed by atoms with Crippen molar-refractivity contribution in [1.82, 2.24) is 0 Å². The zero-order valence-electron chi connectivity index (χ0n) is 9.71. The molecule has 0 aliphatic carbocycles. The fourth-order valence-electron chi connectivity index (χ4n) is 1.48. The van der Waals surface area contributed by atoms with Gasteiger partial charge in [0, 0.05) is 16.3 Å². The maximum Gasteiger partial charge on any atom is 0.261 e. The molecule has 98 valence electrons. The molecular weight excluding hydrogens is 286 g/mol. The molecule has 1 N–H and O–H groups in total. The Kier molecular flexibility index (Phi) is 3.87. The molecule has 0 fully saturated rings. The topological polar surface area (TPSA) is 63.2 Å². The van der Waals surface area contributed by atoms with E-state index in [0.29, 0.717) is 22.6 Å². The standard InChI is InChI=1S/C13H10ClNO3S/c14-11-2-1-3-13(8-11)19(17,18)15-12-6-4-10(9-16)5-7-12/h1-9,15H. The van der Waals surface area contributed by atoms with Crippen LogP contribution in [0.4, 0.5) is 5.69 Å². The van der Waals surface area contributed by atoms with Gasteiger partial charge in [-0.05, 0) is 42.5 Å². The number of halogens is 1. The third kappa shape index (κ3) is 3.33. The van der Waals surface area contributed by atoms with Crippen LogP contribution in [0.2, 0.25) is 5.02 Å². The zero-order valence-corrected chi connectivity index (χ0v) is 11.3. The first kappa shape index (κ1) is 13.6. The van der Waals surface area contributed by atoms with E-state index in [9.17, 15) is 13.2 Å². The van der Waals surface area contributed by atoms with Crippen LogP contribution in [0.15, 0.2) is 53.4 Å². The van der Waals surface area contributed by atoms with Gasteiger partial charge in [0.15, 0.2) is 0 Å². The van der Waals surface area contributed by atoms with E-state index in [1.165, 1.54) is 36.4 Å². The summed E-state index contributed by atoms with van der Waals surface area (Å²) in [7, 11) is -3.68. The van der Waals surface area contributed by atoms with Crippen molar-refractivity contribution >= 4 is 33.6 Å². The van der Waals surface area contributed by atoms with Gasteiger partial charge >= 0.3 is 0 Å². The third-order valence-corrected chi connectivity index (χ3v) is 4.02. The lowest BCUT2D eigenvalue weighted by molar-refractivity contribution is 0.112. The molecule has 0 bridgehead atoms. The molecule has 2 aromatic rings. The van der Waals surface area contributed by atoms with Crippen molar-refractivity contribution < 1.29 is 13.2 Å². The van der Waals surface area contributed by atoms with Crippen LogP contribution in [0.5, 0.6) is 0 Å². The second-order valence-corrected chi connectivity index (χ2v) is 5.92. The van der Waals surface area contributed by atoms with Crippen LogP contribution in [0.1, 0.15) is 10.4 Å². The van der Waals surface area contributed by atoms with Gasteiger partial charge in [0.25, 0.3) is 10.0 Å². The smallest absolute Gasteiger partial charge is 0.261 e. The van der Waals surface area contributed by atoms with Crippen LogP contribution in [0.25, 0.3) is 0 Å². The number of sulfonamides is 1. The van der Waals surface area contributed by atoms with Crippen molar-refractivity contribution in [2.75, 3.05) is 4.72 Å². The predicted octanol–water partition coefficient (Wildman–Crippen LogP) is 2.95. The van der Waals surface area contributed by atoms with E-state index >= 15 is 0 Å². The van der Waals surface area contributed by atoms with E-state index < -0.39 is 10.0 Å². The fourth-order valence-corrected chi connectivity index (χ4v) is 2.84. The van der Waals surface area contributed by atoms with E-state index in [1.807, 2.05) is 0 Å². The van der Waals surface area contributed by atoms with Gasteiger partial charge in [-0.1, -0.05) is 17.7 Å². The molecule has 0 aliphatic rings. The molecule has 0 heterocycles. The first-order valence-electron chi connectivity index (χ1n) is 5.35. The number of hydrogen-bond donors (Lipinski definition) is 1. The van der Waals surface area contributed by atoms with Gasteiger partial charge < -0.3 is 0 Å². The summed E-state index contributed by atoms with van der Waals surface area (Å²) in [5.41, 5.74) is 0.858. The summed E-state index contributed by atoms with van der Waals surface area (Å²) >= 11 is 5.76. The van der Waals surface area contributed by atoms with Crippen LogP contribution in [-0.4, -0.2) is 14.7 Å². The largest absolute Gasteiger partial charge is 0.298 e. The van der Waals surface area contributed by atoms with E-state index in [0.717, 1.165) is 0 Å². The van der Waals surface area contributed by atoms with Crippen molar-refractivity contribution in [3.63, 3.8) is 0 Å². The fraction of sp³-hybridized carbons (Fsp3) is 0. The number of anilines is 1. The SMILES string of the molecule is O=Cc1ccc(NS(=O)(=O)c2cccc(Cl)c2)cc1. The predicted molar refractivity (Wildman–Crippen MR) is 74.1 cm³/mol. The summed E-state index contributed by atoms with van der Waals surface area (Å²) in [5, 5.41) is 0.346. The number of nitrogens with one attached hydrogen (secondary N) is 1. The van der Waals surface area contributed by atoms with E-state index in [4.69, 9.17) is 11.6 Å². The lowest BCUT2D eigenvalue weighted by Crippen LogP contribution is -2.12. The van der Waals surface area contributed by atoms with Crippen molar-refractivity contribution in [3.05, 3.63) is 59.1 Å². The molecule has 0 spiro atoms. The molecule has 0 saturated carbocycles. The van der Waals surface area contributed by atoms with Crippen LogP contribution in [-0.2, 0) is 10.0 Å². The average Bonchev–Trinajstić information content (AvgIpc) is 2.39. The lowest BCUT2D eigenvalue weighted by atomic mass is 10.2. The Morgan fingerprint density at radius 1 is 1.05 bits per heavy atom. The van der Waals surface area contributed by atoms with Crippen LogP contribution < -0.4 is 4.72 Å². The summed E-state index contributed by atoms with van der Waals surface area (Å²) < 4.78 is 26.5. The van der Waals surface area contributed by atoms with Crippen molar-refractivity contribution in [2.45, 2.75) is 4.90 Å². The van der Waals surface area contributed by atoms with Gasteiger partial charge in [-0.15, -0.1) is 0 Å². The minimum atomic E-state index is -3.68. The quantitative estimate of drug-likeness (QED) is 0.882. The van der Waals surface area contributed by atoms with Crippen molar-refractivity contribution in [1.29, 1.82) is 0 Å². The summed E-state index contributed by atoms with van der Waals surface area (Å²) in [6.45, 7) is 0. The molecule has 0 radical (unpaired) electrons. The number of rotatable bonds is 4. The van der Waals surface area contributed by atoms with Gasteiger partial charge in [-0.25, -0.2) is 8.42 Å². The maximum atomic E-state index is 12.1.